The van der Waals surface area contributed by atoms with Gasteiger partial charge in [-0.3, -0.25) is 14.4 Å². The Kier molecular flexibility index (Phi) is 4.74. The maximum absolute atomic E-state index is 13.5. The minimum atomic E-state index is -0.919. The first-order valence-corrected chi connectivity index (χ1v) is 10.2. The number of carbonyl (C=O) groups excluding carboxylic acids is 2. The summed E-state index contributed by atoms with van der Waals surface area (Å²) < 4.78 is 0. The zero-order valence-corrected chi connectivity index (χ0v) is 17.1. The number of imide groups is 1. The fourth-order valence-corrected chi connectivity index (χ4v) is 4.37. The third-order valence-electron chi connectivity index (χ3n) is 5.43. The highest BCUT2D eigenvalue weighted by atomic mass is 35.5. The lowest BCUT2D eigenvalue weighted by molar-refractivity contribution is -0.126. The van der Waals surface area contributed by atoms with Gasteiger partial charge < -0.3 is 0 Å². The van der Waals surface area contributed by atoms with Gasteiger partial charge in [0.15, 0.2) is 6.10 Å². The Hall–Kier alpha value is -2.86. The van der Waals surface area contributed by atoms with E-state index >= 15 is 0 Å². The quantitative estimate of drug-likeness (QED) is 0.537. The summed E-state index contributed by atoms with van der Waals surface area (Å²) >= 11 is 12.1. The zero-order chi connectivity index (χ0) is 20.8. The third-order valence-corrected chi connectivity index (χ3v) is 6.17. The molecule has 3 aromatic carbocycles. The summed E-state index contributed by atoms with van der Waals surface area (Å²) in [6.07, 6.45) is -0.919. The monoisotopic (exact) mass is 438 g/mol. The molecule has 2 amide bonds. The standard InChI is InChI=1S/C23H16Cl2N2O3/c24-17-12-11-16(13-18(17)25)26-22(28)19-20(14-7-3-1-4-8-14)27(30-21(19)23(26)29)15-9-5-2-6-10-15/h1-13,19-21H/t19-,20+,21+/m0/s1. The summed E-state index contributed by atoms with van der Waals surface area (Å²) in [6, 6.07) is 23.3. The molecule has 0 radical (unpaired) electrons. The van der Waals surface area contributed by atoms with E-state index in [0.717, 1.165) is 16.2 Å². The predicted molar refractivity (Wildman–Crippen MR) is 115 cm³/mol. The highest BCUT2D eigenvalue weighted by Gasteiger charge is 2.60. The van der Waals surface area contributed by atoms with Gasteiger partial charge in [0, 0.05) is 0 Å². The van der Waals surface area contributed by atoms with Crippen LogP contribution in [0.1, 0.15) is 11.6 Å². The Morgan fingerprint density at radius 2 is 1.40 bits per heavy atom. The van der Waals surface area contributed by atoms with Gasteiger partial charge in [-0.25, -0.2) is 9.96 Å². The van der Waals surface area contributed by atoms with Crippen LogP contribution < -0.4 is 9.96 Å². The van der Waals surface area contributed by atoms with Crippen molar-refractivity contribution < 1.29 is 14.4 Å². The van der Waals surface area contributed by atoms with Crippen LogP contribution in [0.3, 0.4) is 0 Å². The molecular weight excluding hydrogens is 423 g/mol. The average molecular weight is 439 g/mol. The first-order valence-electron chi connectivity index (χ1n) is 9.45. The van der Waals surface area contributed by atoms with Gasteiger partial charge in [0.2, 0.25) is 5.91 Å². The number of benzene rings is 3. The first-order chi connectivity index (χ1) is 14.6. The fourth-order valence-electron chi connectivity index (χ4n) is 4.08. The van der Waals surface area contributed by atoms with Gasteiger partial charge in [-0.05, 0) is 35.9 Å². The first kappa shape index (κ1) is 19.1. The highest BCUT2D eigenvalue weighted by molar-refractivity contribution is 6.42. The van der Waals surface area contributed by atoms with Crippen LogP contribution in [-0.4, -0.2) is 17.9 Å². The van der Waals surface area contributed by atoms with E-state index in [9.17, 15) is 9.59 Å². The molecule has 2 heterocycles. The van der Waals surface area contributed by atoms with E-state index in [2.05, 4.69) is 0 Å². The summed E-state index contributed by atoms with van der Waals surface area (Å²) in [5.41, 5.74) is 2.06. The minimum absolute atomic E-state index is 0.276. The van der Waals surface area contributed by atoms with Crippen LogP contribution >= 0.6 is 23.2 Å². The van der Waals surface area contributed by atoms with Crippen LogP contribution in [0, 0.1) is 5.92 Å². The fraction of sp³-hybridized carbons (Fsp3) is 0.130. The number of hydrogen-bond acceptors (Lipinski definition) is 4. The molecule has 2 aliphatic heterocycles. The smallest absolute Gasteiger partial charge is 0.266 e. The van der Waals surface area contributed by atoms with Crippen molar-refractivity contribution in [3.63, 3.8) is 0 Å². The van der Waals surface area contributed by atoms with Crippen LogP contribution in [-0.2, 0) is 14.4 Å². The molecule has 150 valence electrons. The number of nitrogens with zero attached hydrogens (tertiary/aromatic N) is 2. The largest absolute Gasteiger partial charge is 0.273 e. The van der Waals surface area contributed by atoms with Crippen LogP contribution in [0.25, 0.3) is 0 Å². The molecule has 2 fully saturated rings. The zero-order valence-electron chi connectivity index (χ0n) is 15.6. The number of hydroxylamine groups is 1. The molecule has 3 atom stereocenters. The van der Waals surface area contributed by atoms with Crippen molar-refractivity contribution in [2.24, 2.45) is 5.92 Å². The summed E-state index contributed by atoms with van der Waals surface area (Å²) in [7, 11) is 0. The van der Waals surface area contributed by atoms with Gasteiger partial charge in [-0.2, -0.15) is 0 Å². The van der Waals surface area contributed by atoms with Gasteiger partial charge in [0.05, 0.1) is 27.5 Å². The molecule has 30 heavy (non-hydrogen) atoms. The SMILES string of the molecule is O=C1[C@H]2[C@@H](c3ccccc3)N(c3ccccc3)O[C@H]2C(=O)N1c1ccc(Cl)c(Cl)c1. The Bertz CT molecular complexity index is 1120. The summed E-state index contributed by atoms with van der Waals surface area (Å²) in [5, 5.41) is 2.30. The van der Waals surface area contributed by atoms with Gasteiger partial charge >= 0.3 is 0 Å². The van der Waals surface area contributed by atoms with Crippen molar-refractivity contribution in [1.29, 1.82) is 0 Å². The minimum Gasteiger partial charge on any atom is -0.273 e. The van der Waals surface area contributed by atoms with Crippen LogP contribution in [0.5, 0.6) is 0 Å². The molecular formula is C23H16Cl2N2O3. The van der Waals surface area contributed by atoms with Crippen LogP contribution in [0.4, 0.5) is 11.4 Å². The Morgan fingerprint density at radius 3 is 2.07 bits per heavy atom. The molecule has 0 bridgehead atoms. The molecule has 5 rings (SSSR count). The van der Waals surface area contributed by atoms with E-state index in [1.807, 2.05) is 60.7 Å². The molecule has 0 spiro atoms. The molecule has 7 heteroatoms. The van der Waals surface area contributed by atoms with E-state index < -0.39 is 24.0 Å². The number of para-hydroxylation sites is 1. The van der Waals surface area contributed by atoms with Gasteiger partial charge in [0.1, 0.15) is 5.92 Å². The number of hydrogen-bond donors (Lipinski definition) is 0. The van der Waals surface area contributed by atoms with Crippen molar-refractivity contribution in [1.82, 2.24) is 0 Å². The molecule has 0 aromatic heterocycles. The topological polar surface area (TPSA) is 49.9 Å². The second-order valence-corrected chi connectivity index (χ2v) is 7.99. The van der Waals surface area contributed by atoms with E-state index in [1.165, 1.54) is 6.07 Å². The van der Waals surface area contributed by atoms with Crippen molar-refractivity contribution in [3.8, 4) is 0 Å². The van der Waals surface area contributed by atoms with Gasteiger partial charge in [0.25, 0.3) is 5.91 Å². The van der Waals surface area contributed by atoms with E-state index in [4.69, 9.17) is 28.0 Å². The van der Waals surface area contributed by atoms with Crippen LogP contribution in [0.2, 0.25) is 10.0 Å². The lowest BCUT2D eigenvalue weighted by Crippen LogP contribution is -2.37. The lowest BCUT2D eigenvalue weighted by Gasteiger charge is -2.28. The Labute approximate surface area is 183 Å². The van der Waals surface area contributed by atoms with Gasteiger partial charge in [-0.1, -0.05) is 71.7 Å². The van der Waals surface area contributed by atoms with E-state index in [-0.39, 0.29) is 10.9 Å². The second kappa shape index (κ2) is 7.43. The molecule has 0 saturated carbocycles. The summed E-state index contributed by atoms with van der Waals surface area (Å²) in [6.45, 7) is 0. The Balaban J connectivity index is 1.58. The second-order valence-electron chi connectivity index (χ2n) is 7.18. The van der Waals surface area contributed by atoms with Crippen molar-refractivity contribution in [2.75, 3.05) is 9.96 Å². The van der Waals surface area contributed by atoms with Gasteiger partial charge in [-0.15, -0.1) is 0 Å². The van der Waals surface area contributed by atoms with Crippen molar-refractivity contribution in [2.45, 2.75) is 12.1 Å². The van der Waals surface area contributed by atoms with E-state index in [0.29, 0.717) is 10.7 Å². The summed E-state index contributed by atoms with van der Waals surface area (Å²) in [4.78, 5) is 33.9. The maximum Gasteiger partial charge on any atom is 0.266 e. The molecule has 3 aromatic rings. The highest BCUT2D eigenvalue weighted by Crippen LogP contribution is 2.47. The number of amides is 2. The summed E-state index contributed by atoms with van der Waals surface area (Å²) in [5.74, 6) is -1.42. The average Bonchev–Trinajstić information content (AvgIpc) is 3.28. The molecule has 0 aliphatic carbocycles. The number of fused-ring (bicyclic) bond motifs is 1. The molecule has 2 saturated heterocycles. The molecule has 5 nitrogen and oxygen atoms in total. The van der Waals surface area contributed by atoms with E-state index in [1.54, 1.807) is 17.2 Å². The number of carbonyl (C=O) groups is 2. The third kappa shape index (κ3) is 2.98. The Morgan fingerprint density at radius 1 is 0.733 bits per heavy atom. The molecule has 2 aliphatic rings. The molecule has 0 N–H and O–H groups in total. The molecule has 0 unspecified atom stereocenters. The van der Waals surface area contributed by atoms with Crippen molar-refractivity contribution >= 4 is 46.4 Å². The van der Waals surface area contributed by atoms with Crippen molar-refractivity contribution in [3.05, 3.63) is 94.5 Å². The number of rotatable bonds is 3. The predicted octanol–water partition coefficient (Wildman–Crippen LogP) is 5.04. The maximum atomic E-state index is 13.5. The lowest BCUT2D eigenvalue weighted by atomic mass is 9.90. The van der Waals surface area contributed by atoms with Crippen LogP contribution in [0.15, 0.2) is 78.9 Å². The number of halogens is 2. The number of anilines is 2. The normalized spacial score (nSPS) is 23.2.